The summed E-state index contributed by atoms with van der Waals surface area (Å²) >= 11 is 2.81. The van der Waals surface area contributed by atoms with Crippen molar-refractivity contribution >= 4 is 105 Å². The fourth-order valence-electron chi connectivity index (χ4n) is 12.0. The number of benzene rings is 3. The Bertz CT molecular complexity index is 4010. The first-order valence-corrected chi connectivity index (χ1v) is 38.9. The van der Waals surface area contributed by atoms with Gasteiger partial charge in [-0.2, -0.15) is 23.5 Å². The molecule has 3 heterocycles. The summed E-state index contributed by atoms with van der Waals surface area (Å²) in [7, 11) is 1.44. The number of nitrogens with one attached hydrogen (secondary N) is 10. The molecule has 5 aromatic rings. The smallest absolute Gasteiger partial charge is 0.248 e. The number of H-pyrrole nitrogens is 1. The molecular formula is C77H108N14O17S2. The number of aromatic amines is 1. The van der Waals surface area contributed by atoms with Crippen LogP contribution in [0, 0.1) is 11.3 Å². The number of primary amides is 2. The highest BCUT2D eigenvalue weighted by atomic mass is 32.2. The number of aromatic hydroxyl groups is 2. The van der Waals surface area contributed by atoms with Crippen LogP contribution in [0.1, 0.15) is 129 Å². The van der Waals surface area contributed by atoms with Gasteiger partial charge in [0.05, 0.1) is 32.3 Å². The number of aliphatic hydroxyl groups excluding tert-OH is 1. The van der Waals surface area contributed by atoms with Crippen LogP contribution in [-0.2, 0) is 97.8 Å². The van der Waals surface area contributed by atoms with E-state index in [0.717, 1.165) is 11.1 Å². The largest absolute Gasteiger partial charge is 0.508 e. The van der Waals surface area contributed by atoms with E-state index in [1.165, 1.54) is 99.6 Å². The van der Waals surface area contributed by atoms with Crippen molar-refractivity contribution in [3.63, 3.8) is 0 Å². The van der Waals surface area contributed by atoms with Gasteiger partial charge in [-0.15, -0.1) is 0 Å². The molecule has 1 unspecified atom stereocenters. The Hall–Kier alpha value is -9.83. The van der Waals surface area contributed by atoms with Gasteiger partial charge in [0.15, 0.2) is 0 Å². The molecule has 31 nitrogen and oxygen atoms in total. The highest BCUT2D eigenvalue weighted by Gasteiger charge is 2.44. The molecule has 0 aliphatic carbocycles. The number of fused-ring (bicyclic) bond motifs is 1. The molecule has 12 amide bonds. The van der Waals surface area contributed by atoms with Gasteiger partial charge >= 0.3 is 0 Å². The molecule has 1 aliphatic rings. The van der Waals surface area contributed by atoms with Gasteiger partial charge in [0, 0.05) is 80.1 Å². The topological polar surface area (TPSA) is 476 Å². The fourth-order valence-corrected chi connectivity index (χ4v) is 13.9. The van der Waals surface area contributed by atoms with E-state index in [4.69, 9.17) is 20.9 Å². The van der Waals surface area contributed by atoms with E-state index in [0.29, 0.717) is 57.8 Å². The minimum Gasteiger partial charge on any atom is -0.508 e. The lowest BCUT2D eigenvalue weighted by atomic mass is 9.85. The summed E-state index contributed by atoms with van der Waals surface area (Å²) in [6.07, 6.45) is 2.67. The zero-order chi connectivity index (χ0) is 81.2. The molecule has 1 saturated heterocycles. The molecule has 17 N–H and O–H groups in total. The second-order valence-corrected chi connectivity index (χ2v) is 31.5. The molecule has 0 radical (unpaired) electrons. The van der Waals surface area contributed by atoms with Crippen LogP contribution in [0.25, 0.3) is 11.0 Å². The number of hydrogen-bond acceptors (Lipinski definition) is 20. The van der Waals surface area contributed by atoms with E-state index >= 15 is 0 Å². The molecule has 0 saturated carbocycles. The summed E-state index contributed by atoms with van der Waals surface area (Å²) in [5.74, 6) is -7.95. The molecule has 11 atom stereocenters. The monoisotopic (exact) mass is 1560 g/mol. The Morgan fingerprint density at radius 2 is 1.25 bits per heavy atom. The van der Waals surface area contributed by atoms with Crippen molar-refractivity contribution in [2.24, 2.45) is 22.8 Å². The Labute approximate surface area is 649 Å². The quantitative estimate of drug-likeness (QED) is 0.0249. The van der Waals surface area contributed by atoms with E-state index in [9.17, 15) is 72.9 Å². The first-order chi connectivity index (χ1) is 51.9. The van der Waals surface area contributed by atoms with Crippen LogP contribution in [-0.4, -0.2) is 212 Å². The second-order valence-electron chi connectivity index (χ2n) is 29.4. The van der Waals surface area contributed by atoms with E-state index in [1.807, 2.05) is 24.3 Å². The van der Waals surface area contributed by atoms with Crippen molar-refractivity contribution in [3.05, 3.63) is 125 Å². The number of amides is 12. The third kappa shape index (κ3) is 26.7. The van der Waals surface area contributed by atoms with E-state index in [-0.39, 0.29) is 81.4 Å². The number of pyridine rings is 1. The molecule has 600 valence electrons. The maximum atomic E-state index is 14.7. The van der Waals surface area contributed by atoms with Crippen LogP contribution >= 0.6 is 23.5 Å². The number of aliphatic hydroxyl groups is 1. The summed E-state index contributed by atoms with van der Waals surface area (Å²) in [6.45, 7) is 15.8. The Morgan fingerprint density at radius 3 is 1.84 bits per heavy atom. The predicted molar refractivity (Wildman–Crippen MR) is 416 cm³/mol. The molecule has 2 aromatic heterocycles. The van der Waals surface area contributed by atoms with Crippen molar-refractivity contribution in [2.45, 2.75) is 198 Å². The number of hydrogen-bond donors (Lipinski definition) is 15. The minimum atomic E-state index is -1.93. The van der Waals surface area contributed by atoms with Gasteiger partial charge in [0.25, 0.3) is 0 Å². The van der Waals surface area contributed by atoms with Crippen molar-refractivity contribution in [1.29, 1.82) is 0 Å². The average molecular weight is 1570 g/mol. The number of carbonyl (C=O) groups excluding carboxylic acids is 12. The average Bonchev–Trinajstić information content (AvgIpc) is 1.09. The number of aromatic nitrogens is 2. The number of phenols is 2. The van der Waals surface area contributed by atoms with Crippen LogP contribution in [0.3, 0.4) is 0 Å². The summed E-state index contributed by atoms with van der Waals surface area (Å²) in [5.41, 5.74) is 11.1. The molecule has 33 heteroatoms. The Kier molecular flexibility index (Phi) is 33.9. The molecule has 1 aliphatic heterocycles. The standard InChI is InChI=1S/C77H108N14O17S2/c1-12-55(68(100)86-59(64(78)97)42-110-41-50-17-13-16-49(35-50)40-109-33-28-61(95)88-63(75(6,7)8)71(103)85-58(37-48-22-26-53(94)27-23-48)72(104)91-30-15-19-60(91)65(79)98)87-74(106)77(10,44(2)3)90-70(102)56(36-47-20-24-52(93)25-21-47)84-67(99)46(5)82-73(105)76(9,43-108-32-31-107-11)89-69(101)57(83-62(96)34-45(4)92)38-51-39-81-66-54(51)18-14-29-80-66/h13-14,16-18,20-27,29,35,39,44-46,55-60,63,92-94H,12,15,19,28,30-34,36-38,40-43H2,1-11H3,(H2,78,97)(H2,79,98)(H,80,81)(H,82,105)(H,83,96)(H,84,99)(H,85,103)(H,86,100)(H,87,106)(H,88,95)(H,89,101)(H,90,102)/t45-,46+,55+,56+,57+,58+,59-,60+,63-,76?,77+/m1/s1. The number of phenolic OH excluding ortho intramolecular Hbond substituents is 2. The SMILES string of the molecule is CC[C@H](NC(=O)[C@@](C)(NC(=O)[C@H](Cc1ccc(O)cc1)NC(=O)[C@H](C)NC(=O)C(C)(COCCOC)NC(=O)[C@H](Cc1c[nH]c2ncccc12)NC(=O)C[C@@H](C)O)C(C)C)C(=O)N[C@H](CSCc1cccc(CSCCC(=O)N[C@H](C(=O)N[C@@H](Cc2ccc(O)cc2)C(=O)N2CCC[C@H]2C(N)=O)C(C)(C)C)c1)C(N)=O. The molecular weight excluding hydrogens is 1460 g/mol. The maximum Gasteiger partial charge on any atom is 0.248 e. The van der Waals surface area contributed by atoms with E-state index < -0.39 is 148 Å². The Morgan fingerprint density at radius 1 is 0.645 bits per heavy atom. The summed E-state index contributed by atoms with van der Waals surface area (Å²) < 4.78 is 10.9. The highest BCUT2D eigenvalue weighted by Crippen LogP contribution is 2.26. The van der Waals surface area contributed by atoms with Crippen molar-refractivity contribution in [1.82, 2.24) is 62.7 Å². The second kappa shape index (κ2) is 41.8. The third-order valence-corrected chi connectivity index (χ3v) is 21.0. The lowest BCUT2D eigenvalue weighted by Crippen LogP contribution is -2.66. The van der Waals surface area contributed by atoms with E-state index in [2.05, 4.69) is 57.8 Å². The summed E-state index contributed by atoms with van der Waals surface area (Å²) in [4.78, 5) is 175. The third-order valence-electron chi connectivity index (χ3n) is 18.8. The van der Waals surface area contributed by atoms with Crippen LogP contribution < -0.4 is 59.3 Å². The van der Waals surface area contributed by atoms with Crippen LogP contribution in [0.15, 0.2) is 97.3 Å². The van der Waals surface area contributed by atoms with Crippen LogP contribution in [0.2, 0.25) is 0 Å². The molecule has 6 rings (SSSR count). The van der Waals surface area contributed by atoms with Gasteiger partial charge < -0.3 is 94.0 Å². The number of likely N-dealkylation sites (tertiary alicyclic amines) is 1. The Balaban J connectivity index is 1.04. The number of methoxy groups -OCH3 is 1. The number of thioether (sulfide) groups is 2. The number of rotatable bonds is 43. The maximum absolute atomic E-state index is 14.7. The summed E-state index contributed by atoms with van der Waals surface area (Å²) in [6, 6.07) is 13.6. The van der Waals surface area contributed by atoms with Gasteiger partial charge in [0.2, 0.25) is 70.9 Å². The van der Waals surface area contributed by atoms with Gasteiger partial charge in [-0.25, -0.2) is 4.98 Å². The van der Waals surface area contributed by atoms with Crippen LogP contribution in [0.5, 0.6) is 11.5 Å². The molecule has 1 fully saturated rings. The number of ether oxygens (including phenoxy) is 2. The minimum absolute atomic E-state index is 0.0129. The van der Waals surface area contributed by atoms with Crippen LogP contribution in [0.4, 0.5) is 0 Å². The number of nitrogens with two attached hydrogens (primary N) is 2. The van der Waals surface area contributed by atoms with Crippen molar-refractivity contribution in [2.75, 3.05) is 45.0 Å². The van der Waals surface area contributed by atoms with Gasteiger partial charge in [-0.1, -0.05) is 90.1 Å². The number of nitrogens with zero attached hydrogens (tertiary/aromatic N) is 2. The predicted octanol–water partition coefficient (Wildman–Crippen LogP) is 2.23. The summed E-state index contributed by atoms with van der Waals surface area (Å²) in [5, 5.41) is 55.3. The van der Waals surface area contributed by atoms with Gasteiger partial charge in [-0.3, -0.25) is 57.5 Å². The lowest BCUT2D eigenvalue weighted by Gasteiger charge is -2.36. The lowest BCUT2D eigenvalue weighted by molar-refractivity contribution is -0.141. The molecule has 0 bridgehead atoms. The normalized spacial score (nSPS) is 16.2. The first kappa shape index (κ1) is 89.1. The van der Waals surface area contributed by atoms with Gasteiger partial charge in [-0.05, 0) is 123 Å². The first-order valence-electron chi connectivity index (χ1n) is 36.5. The van der Waals surface area contributed by atoms with E-state index in [1.54, 1.807) is 78.2 Å². The molecule has 110 heavy (non-hydrogen) atoms. The van der Waals surface area contributed by atoms with Crippen molar-refractivity contribution < 1.29 is 82.3 Å². The fraction of sp³-hybridized carbons (Fsp3) is 0.519. The molecule has 0 spiro atoms. The zero-order valence-electron chi connectivity index (χ0n) is 64.2. The van der Waals surface area contributed by atoms with Gasteiger partial charge in [0.1, 0.15) is 76.6 Å². The zero-order valence-corrected chi connectivity index (χ0v) is 65.9. The van der Waals surface area contributed by atoms with Crippen molar-refractivity contribution in [3.8, 4) is 11.5 Å². The molecule has 3 aromatic carbocycles. The number of carbonyl (C=O) groups is 12. The highest BCUT2D eigenvalue weighted by molar-refractivity contribution is 7.98.